The number of esters is 1. The average Bonchev–Trinajstić information content (AvgIpc) is 3.39. The monoisotopic (exact) mass is 479 g/mol. The number of imide groups is 1. The lowest BCUT2D eigenvalue weighted by atomic mass is 10.1. The summed E-state index contributed by atoms with van der Waals surface area (Å²) in [6, 6.07) is 16.2. The predicted molar refractivity (Wildman–Crippen MR) is 126 cm³/mol. The number of anilines is 1. The van der Waals surface area contributed by atoms with Crippen molar-refractivity contribution in [1.82, 2.24) is 10.6 Å². The largest absolute Gasteiger partial charge is 0.497 e. The van der Waals surface area contributed by atoms with E-state index in [0.29, 0.717) is 12.2 Å². The lowest BCUT2D eigenvalue weighted by molar-refractivity contribution is -0.123. The van der Waals surface area contributed by atoms with Crippen molar-refractivity contribution in [1.29, 1.82) is 0 Å². The van der Waals surface area contributed by atoms with Gasteiger partial charge in [0.15, 0.2) is 6.61 Å². The molecule has 10 nitrogen and oxygen atoms in total. The van der Waals surface area contributed by atoms with Gasteiger partial charge in [0.05, 0.1) is 31.2 Å². The van der Waals surface area contributed by atoms with Crippen molar-refractivity contribution >= 4 is 29.5 Å². The maximum atomic E-state index is 12.5. The molecule has 0 atom stereocenters. The smallest absolute Gasteiger partial charge is 0.340 e. The van der Waals surface area contributed by atoms with Crippen molar-refractivity contribution in [2.75, 3.05) is 19.0 Å². The van der Waals surface area contributed by atoms with Crippen LogP contribution in [0.15, 0.2) is 71.3 Å². The van der Waals surface area contributed by atoms with E-state index in [2.05, 4.69) is 16.0 Å². The molecule has 2 aromatic carbocycles. The van der Waals surface area contributed by atoms with Gasteiger partial charge in [0.2, 0.25) is 5.91 Å². The van der Waals surface area contributed by atoms with Crippen LogP contribution < -0.4 is 20.7 Å². The van der Waals surface area contributed by atoms with Gasteiger partial charge < -0.3 is 24.5 Å². The number of ether oxygens (including phenoxy) is 2. The first-order chi connectivity index (χ1) is 16.9. The maximum absolute atomic E-state index is 12.5. The van der Waals surface area contributed by atoms with Crippen molar-refractivity contribution in [3.63, 3.8) is 0 Å². The predicted octanol–water partition coefficient (Wildman–Crippen LogP) is 3.04. The molecule has 0 saturated heterocycles. The van der Waals surface area contributed by atoms with Gasteiger partial charge in [0, 0.05) is 6.42 Å². The van der Waals surface area contributed by atoms with Gasteiger partial charge in [-0.3, -0.25) is 14.9 Å². The molecule has 0 spiro atoms. The fourth-order valence-electron chi connectivity index (χ4n) is 3.03. The number of para-hydroxylation sites is 1. The summed E-state index contributed by atoms with van der Waals surface area (Å²) in [4.78, 5) is 48.6. The Hall–Kier alpha value is -4.60. The maximum Gasteiger partial charge on any atom is 0.340 e. The number of hydrogen-bond acceptors (Lipinski definition) is 7. The molecule has 0 aliphatic heterocycles. The Morgan fingerprint density at radius 3 is 2.40 bits per heavy atom. The number of benzene rings is 2. The summed E-state index contributed by atoms with van der Waals surface area (Å²) < 4.78 is 15.2. The second-order valence-electron chi connectivity index (χ2n) is 7.33. The van der Waals surface area contributed by atoms with Crippen LogP contribution in [0.4, 0.5) is 10.5 Å². The number of furan rings is 1. The molecular formula is C25H25N3O7. The van der Waals surface area contributed by atoms with Crippen LogP contribution >= 0.6 is 0 Å². The number of carbonyl (C=O) groups is 4. The van der Waals surface area contributed by atoms with Gasteiger partial charge in [-0.05, 0) is 48.4 Å². The minimum atomic E-state index is -0.817. The van der Waals surface area contributed by atoms with Crippen molar-refractivity contribution in [3.8, 4) is 5.75 Å². The molecule has 0 aliphatic rings. The number of carbonyl (C=O) groups excluding carboxylic acids is 4. The number of rotatable bonds is 10. The lowest BCUT2D eigenvalue weighted by Gasteiger charge is -2.11. The Morgan fingerprint density at radius 2 is 1.69 bits per heavy atom. The van der Waals surface area contributed by atoms with Crippen LogP contribution in [0.1, 0.15) is 28.1 Å². The van der Waals surface area contributed by atoms with Gasteiger partial charge >= 0.3 is 12.0 Å². The fourth-order valence-corrected chi connectivity index (χ4v) is 3.03. The van der Waals surface area contributed by atoms with Crippen molar-refractivity contribution in [2.45, 2.75) is 19.4 Å². The SMILES string of the molecule is COc1ccc(CCC(=O)Nc2ccccc2C(=O)OCC(=O)NC(=O)NCc2ccco2)cc1. The van der Waals surface area contributed by atoms with Gasteiger partial charge in [-0.15, -0.1) is 0 Å². The molecule has 35 heavy (non-hydrogen) atoms. The highest BCUT2D eigenvalue weighted by atomic mass is 16.5. The minimum absolute atomic E-state index is 0.0837. The molecule has 0 bridgehead atoms. The molecule has 4 amide bonds. The van der Waals surface area contributed by atoms with E-state index in [1.54, 1.807) is 37.4 Å². The second kappa shape index (κ2) is 12.6. The van der Waals surface area contributed by atoms with Gasteiger partial charge in [0.1, 0.15) is 11.5 Å². The first-order valence-corrected chi connectivity index (χ1v) is 10.7. The summed E-state index contributed by atoms with van der Waals surface area (Å²) >= 11 is 0. The van der Waals surface area contributed by atoms with Crippen LogP contribution in [0, 0.1) is 0 Å². The third-order valence-electron chi connectivity index (χ3n) is 4.81. The van der Waals surface area contributed by atoms with Gasteiger partial charge in [0.25, 0.3) is 5.91 Å². The molecule has 0 unspecified atom stereocenters. The van der Waals surface area contributed by atoms with E-state index in [1.807, 2.05) is 24.3 Å². The van der Waals surface area contributed by atoms with Crippen LogP contribution in [0.25, 0.3) is 0 Å². The zero-order valence-corrected chi connectivity index (χ0v) is 19.0. The number of hydrogen-bond donors (Lipinski definition) is 3. The number of methoxy groups -OCH3 is 1. The van der Waals surface area contributed by atoms with E-state index in [1.165, 1.54) is 12.3 Å². The quantitative estimate of drug-likeness (QED) is 0.380. The summed E-state index contributed by atoms with van der Waals surface area (Å²) in [5.74, 6) is -0.666. The van der Waals surface area contributed by atoms with Crippen molar-refractivity contribution < 1.29 is 33.1 Å². The molecule has 0 saturated carbocycles. The Kier molecular flexibility index (Phi) is 9.00. The van der Waals surface area contributed by atoms with Crippen LogP contribution in [0.3, 0.4) is 0 Å². The lowest BCUT2D eigenvalue weighted by Crippen LogP contribution is -2.41. The van der Waals surface area contributed by atoms with E-state index in [9.17, 15) is 19.2 Å². The summed E-state index contributed by atoms with van der Waals surface area (Å²) in [6.07, 6.45) is 2.16. The molecular weight excluding hydrogens is 454 g/mol. The zero-order chi connectivity index (χ0) is 25.0. The normalized spacial score (nSPS) is 10.2. The summed E-state index contributed by atoms with van der Waals surface area (Å²) in [5, 5.41) is 7.18. The molecule has 3 N–H and O–H groups in total. The van der Waals surface area contributed by atoms with E-state index in [4.69, 9.17) is 13.9 Å². The Morgan fingerprint density at radius 1 is 0.914 bits per heavy atom. The van der Waals surface area contributed by atoms with Gasteiger partial charge in [-0.25, -0.2) is 9.59 Å². The molecule has 10 heteroatoms. The van der Waals surface area contributed by atoms with Gasteiger partial charge in [-0.1, -0.05) is 24.3 Å². The number of aryl methyl sites for hydroxylation is 1. The molecule has 182 valence electrons. The summed E-state index contributed by atoms with van der Waals surface area (Å²) in [7, 11) is 1.58. The molecule has 1 heterocycles. The molecule has 0 aliphatic carbocycles. The number of nitrogens with one attached hydrogen (secondary N) is 3. The third-order valence-corrected chi connectivity index (χ3v) is 4.81. The highest BCUT2D eigenvalue weighted by Crippen LogP contribution is 2.17. The summed E-state index contributed by atoms with van der Waals surface area (Å²) in [6.45, 7) is -0.579. The summed E-state index contributed by atoms with van der Waals surface area (Å²) in [5.41, 5.74) is 1.31. The van der Waals surface area contributed by atoms with Gasteiger partial charge in [-0.2, -0.15) is 0 Å². The van der Waals surface area contributed by atoms with Crippen LogP contribution in [0.5, 0.6) is 5.75 Å². The molecule has 3 rings (SSSR count). The highest BCUT2D eigenvalue weighted by molar-refractivity contribution is 6.02. The van der Waals surface area contributed by atoms with E-state index in [0.717, 1.165) is 11.3 Å². The topological polar surface area (TPSA) is 136 Å². The Balaban J connectivity index is 1.46. The molecule has 1 aromatic heterocycles. The third kappa shape index (κ3) is 8.04. The second-order valence-corrected chi connectivity index (χ2v) is 7.33. The molecule has 0 fully saturated rings. The van der Waals surface area contributed by atoms with E-state index < -0.39 is 24.5 Å². The molecule has 0 radical (unpaired) electrons. The average molecular weight is 479 g/mol. The van der Waals surface area contributed by atoms with E-state index in [-0.39, 0.29) is 30.1 Å². The first kappa shape index (κ1) is 25.0. The van der Waals surface area contributed by atoms with Crippen molar-refractivity contribution in [2.24, 2.45) is 0 Å². The number of urea groups is 1. The minimum Gasteiger partial charge on any atom is -0.497 e. The van der Waals surface area contributed by atoms with Crippen LogP contribution in [0.2, 0.25) is 0 Å². The molecule has 3 aromatic rings. The van der Waals surface area contributed by atoms with Crippen LogP contribution in [-0.2, 0) is 27.3 Å². The first-order valence-electron chi connectivity index (χ1n) is 10.7. The van der Waals surface area contributed by atoms with Crippen LogP contribution in [-0.4, -0.2) is 37.5 Å². The Bertz CT molecular complexity index is 1160. The van der Waals surface area contributed by atoms with E-state index >= 15 is 0 Å². The zero-order valence-electron chi connectivity index (χ0n) is 19.0. The number of amides is 4. The fraction of sp³-hybridized carbons (Fsp3) is 0.200. The van der Waals surface area contributed by atoms with Crippen molar-refractivity contribution in [3.05, 3.63) is 83.8 Å². The standard InChI is InChI=1S/C25H25N3O7/c1-33-18-11-8-17(9-12-18)10-13-22(29)27-21-7-3-2-6-20(21)24(31)35-16-23(30)28-25(32)26-15-19-5-4-14-34-19/h2-9,11-12,14H,10,13,15-16H2,1H3,(H,27,29)(H2,26,28,30,32). The Labute approximate surface area is 201 Å². The highest BCUT2D eigenvalue weighted by Gasteiger charge is 2.17.